The topological polar surface area (TPSA) is 49.9 Å². The Labute approximate surface area is 149 Å². The minimum atomic E-state index is 0.000107. The molecule has 1 aliphatic heterocycles. The molecule has 5 nitrogen and oxygen atoms in total. The van der Waals surface area contributed by atoms with Crippen LogP contribution >= 0.6 is 0 Å². The number of benzene rings is 1. The second-order valence-corrected chi connectivity index (χ2v) is 6.99. The molecule has 0 unspecified atom stereocenters. The molecule has 1 aliphatic carbocycles. The molecule has 2 fully saturated rings. The summed E-state index contributed by atoms with van der Waals surface area (Å²) in [5.41, 5.74) is 1.75. The van der Waals surface area contributed by atoms with E-state index in [0.29, 0.717) is 37.5 Å². The number of methoxy groups -OCH3 is 1. The summed E-state index contributed by atoms with van der Waals surface area (Å²) >= 11 is 0. The number of aryl methyl sites for hydroxylation is 1. The lowest BCUT2D eigenvalue weighted by atomic mass is 10.0. The number of hydrogen-bond donors (Lipinski definition) is 0. The summed E-state index contributed by atoms with van der Waals surface area (Å²) in [6.45, 7) is 4.53. The predicted octanol–water partition coefficient (Wildman–Crippen LogP) is 2.73. The highest BCUT2D eigenvalue weighted by Gasteiger charge is 2.31. The van der Waals surface area contributed by atoms with E-state index in [2.05, 4.69) is 6.92 Å². The zero-order valence-electron chi connectivity index (χ0n) is 15.3. The van der Waals surface area contributed by atoms with Crippen molar-refractivity contribution in [2.45, 2.75) is 39.0 Å². The van der Waals surface area contributed by atoms with E-state index in [1.54, 1.807) is 7.11 Å². The fourth-order valence-electron chi connectivity index (χ4n) is 3.87. The van der Waals surface area contributed by atoms with Gasteiger partial charge in [0.1, 0.15) is 5.75 Å². The van der Waals surface area contributed by atoms with E-state index in [9.17, 15) is 9.59 Å². The molecule has 0 aromatic heterocycles. The zero-order valence-corrected chi connectivity index (χ0v) is 15.3. The first-order valence-corrected chi connectivity index (χ1v) is 9.39. The van der Waals surface area contributed by atoms with E-state index in [1.165, 1.54) is 12.8 Å². The first kappa shape index (κ1) is 17.8. The third-order valence-electron chi connectivity index (χ3n) is 5.49. The first-order chi connectivity index (χ1) is 12.1. The lowest BCUT2D eigenvalue weighted by Crippen LogP contribution is -2.51. The van der Waals surface area contributed by atoms with Crippen molar-refractivity contribution in [2.75, 3.05) is 33.3 Å². The van der Waals surface area contributed by atoms with E-state index in [-0.39, 0.29) is 17.7 Å². The molecule has 0 N–H and O–H groups in total. The van der Waals surface area contributed by atoms with Gasteiger partial charge in [-0.25, -0.2) is 0 Å². The maximum absolute atomic E-state index is 12.9. The van der Waals surface area contributed by atoms with Crippen molar-refractivity contribution in [1.29, 1.82) is 0 Å². The van der Waals surface area contributed by atoms with Crippen LogP contribution in [0.5, 0.6) is 5.75 Å². The van der Waals surface area contributed by atoms with Crippen LogP contribution in [0.25, 0.3) is 0 Å². The van der Waals surface area contributed by atoms with Gasteiger partial charge in [0.2, 0.25) is 5.91 Å². The summed E-state index contributed by atoms with van der Waals surface area (Å²) in [7, 11) is 1.59. The standard InChI is InChI=1S/C20H28N2O3/c1-3-15-8-9-18(25-2)17(14-15)20(24)22-12-10-21(11-13-22)19(23)16-6-4-5-7-16/h8-9,14,16H,3-7,10-13H2,1-2H3. The molecule has 0 spiro atoms. The van der Waals surface area contributed by atoms with Gasteiger partial charge in [-0.3, -0.25) is 9.59 Å². The van der Waals surface area contributed by atoms with Gasteiger partial charge in [0.15, 0.2) is 0 Å². The van der Waals surface area contributed by atoms with Gasteiger partial charge in [0, 0.05) is 32.1 Å². The van der Waals surface area contributed by atoms with Gasteiger partial charge in [-0.2, -0.15) is 0 Å². The number of carbonyl (C=O) groups excluding carboxylic acids is 2. The van der Waals surface area contributed by atoms with Crippen LogP contribution in [0, 0.1) is 5.92 Å². The lowest BCUT2D eigenvalue weighted by molar-refractivity contribution is -0.136. The Morgan fingerprint density at radius 2 is 1.72 bits per heavy atom. The van der Waals surface area contributed by atoms with Crippen molar-refractivity contribution in [3.8, 4) is 5.75 Å². The molecule has 2 aliphatic rings. The van der Waals surface area contributed by atoms with Gasteiger partial charge in [0.05, 0.1) is 12.7 Å². The molecule has 5 heteroatoms. The highest BCUT2D eigenvalue weighted by atomic mass is 16.5. The summed E-state index contributed by atoms with van der Waals surface area (Å²) in [5.74, 6) is 1.12. The quantitative estimate of drug-likeness (QED) is 0.844. The van der Waals surface area contributed by atoms with Crippen LogP contribution in [0.15, 0.2) is 18.2 Å². The summed E-state index contributed by atoms with van der Waals surface area (Å²) in [4.78, 5) is 29.2. The van der Waals surface area contributed by atoms with E-state index < -0.39 is 0 Å². The number of nitrogens with zero attached hydrogens (tertiary/aromatic N) is 2. The number of piperazine rings is 1. The number of hydrogen-bond acceptors (Lipinski definition) is 3. The van der Waals surface area contributed by atoms with Gasteiger partial charge < -0.3 is 14.5 Å². The minimum absolute atomic E-state index is 0.000107. The van der Waals surface area contributed by atoms with Crippen molar-refractivity contribution in [2.24, 2.45) is 5.92 Å². The monoisotopic (exact) mass is 344 g/mol. The molecule has 0 atom stereocenters. The molecule has 1 heterocycles. The summed E-state index contributed by atoms with van der Waals surface area (Å²) in [6.07, 6.45) is 5.27. The molecule has 0 bridgehead atoms. The summed E-state index contributed by atoms with van der Waals surface area (Å²) < 4.78 is 5.37. The van der Waals surface area contributed by atoms with Crippen molar-refractivity contribution >= 4 is 11.8 Å². The van der Waals surface area contributed by atoms with Crippen LogP contribution in [0.1, 0.15) is 48.5 Å². The van der Waals surface area contributed by atoms with E-state index in [4.69, 9.17) is 4.74 Å². The second-order valence-electron chi connectivity index (χ2n) is 6.99. The highest BCUT2D eigenvalue weighted by Crippen LogP contribution is 2.27. The molecule has 0 radical (unpaired) electrons. The van der Waals surface area contributed by atoms with E-state index in [0.717, 1.165) is 24.8 Å². The molecule has 1 aromatic rings. The molecule has 3 rings (SSSR count). The van der Waals surface area contributed by atoms with Gasteiger partial charge in [-0.15, -0.1) is 0 Å². The van der Waals surface area contributed by atoms with Gasteiger partial charge in [-0.1, -0.05) is 25.8 Å². The first-order valence-electron chi connectivity index (χ1n) is 9.39. The van der Waals surface area contributed by atoms with Crippen molar-refractivity contribution < 1.29 is 14.3 Å². The van der Waals surface area contributed by atoms with Crippen LogP contribution in [-0.2, 0) is 11.2 Å². The Morgan fingerprint density at radius 3 is 2.32 bits per heavy atom. The van der Waals surface area contributed by atoms with Crippen molar-refractivity contribution in [1.82, 2.24) is 9.80 Å². The van der Waals surface area contributed by atoms with E-state index >= 15 is 0 Å². The number of rotatable bonds is 4. The molecule has 136 valence electrons. The van der Waals surface area contributed by atoms with Gasteiger partial charge >= 0.3 is 0 Å². The van der Waals surface area contributed by atoms with E-state index in [1.807, 2.05) is 28.0 Å². The van der Waals surface area contributed by atoms with Crippen LogP contribution in [0.4, 0.5) is 0 Å². The molecule has 1 saturated carbocycles. The average Bonchev–Trinajstić information content (AvgIpc) is 3.21. The van der Waals surface area contributed by atoms with Gasteiger partial charge in [-0.05, 0) is 37.0 Å². The molecule has 2 amide bonds. The SMILES string of the molecule is CCc1ccc(OC)c(C(=O)N2CCN(C(=O)C3CCCC3)CC2)c1. The number of carbonyl (C=O) groups is 2. The predicted molar refractivity (Wildman–Crippen MR) is 96.8 cm³/mol. The summed E-state index contributed by atoms with van der Waals surface area (Å²) in [5, 5.41) is 0. The largest absolute Gasteiger partial charge is 0.496 e. The van der Waals surface area contributed by atoms with Crippen LogP contribution in [0.2, 0.25) is 0 Å². The molecule has 1 saturated heterocycles. The maximum Gasteiger partial charge on any atom is 0.257 e. The fourth-order valence-corrected chi connectivity index (χ4v) is 3.87. The summed E-state index contributed by atoms with van der Waals surface area (Å²) in [6, 6.07) is 5.79. The Balaban J connectivity index is 1.64. The molecular weight excluding hydrogens is 316 g/mol. The fraction of sp³-hybridized carbons (Fsp3) is 0.600. The smallest absolute Gasteiger partial charge is 0.257 e. The normalized spacial score (nSPS) is 18.5. The Hall–Kier alpha value is -2.04. The average molecular weight is 344 g/mol. The van der Waals surface area contributed by atoms with Gasteiger partial charge in [0.25, 0.3) is 5.91 Å². The molecule has 1 aromatic carbocycles. The van der Waals surface area contributed by atoms with Crippen LogP contribution < -0.4 is 4.74 Å². The minimum Gasteiger partial charge on any atom is -0.496 e. The number of amides is 2. The third kappa shape index (κ3) is 3.80. The van der Waals surface area contributed by atoms with Crippen LogP contribution in [-0.4, -0.2) is 54.9 Å². The Kier molecular flexibility index (Phi) is 5.61. The maximum atomic E-state index is 12.9. The second kappa shape index (κ2) is 7.89. The van der Waals surface area contributed by atoms with Crippen LogP contribution in [0.3, 0.4) is 0 Å². The Morgan fingerprint density at radius 1 is 1.08 bits per heavy atom. The van der Waals surface area contributed by atoms with Crippen molar-refractivity contribution in [3.63, 3.8) is 0 Å². The zero-order chi connectivity index (χ0) is 17.8. The number of ether oxygens (including phenoxy) is 1. The Bertz CT molecular complexity index is 630. The van der Waals surface area contributed by atoms with Crippen molar-refractivity contribution in [3.05, 3.63) is 29.3 Å². The molecular formula is C20H28N2O3. The highest BCUT2D eigenvalue weighted by molar-refractivity contribution is 5.97. The third-order valence-corrected chi connectivity index (χ3v) is 5.49. The lowest BCUT2D eigenvalue weighted by Gasteiger charge is -2.36. The molecule has 25 heavy (non-hydrogen) atoms.